The van der Waals surface area contributed by atoms with Crippen LogP contribution in [-0.4, -0.2) is 17.6 Å². The van der Waals surface area contributed by atoms with Gasteiger partial charge in [-0.1, -0.05) is 6.07 Å². The van der Waals surface area contributed by atoms with E-state index in [0.29, 0.717) is 17.0 Å². The van der Waals surface area contributed by atoms with Crippen LogP contribution in [0.4, 0.5) is 0 Å². The Hall–Kier alpha value is -1.71. The number of rotatable bonds is 5. The van der Waals surface area contributed by atoms with Crippen molar-refractivity contribution in [2.45, 2.75) is 13.3 Å². The number of carbonyl (C=O) groups is 1. The lowest BCUT2D eigenvalue weighted by molar-refractivity contribution is 0.0473. The van der Waals surface area contributed by atoms with Crippen LogP contribution in [0.15, 0.2) is 23.0 Å². The highest BCUT2D eigenvalue weighted by Gasteiger charge is 2.17. The van der Waals surface area contributed by atoms with Crippen LogP contribution in [0.2, 0.25) is 0 Å². The molecule has 0 aromatic carbocycles. The van der Waals surface area contributed by atoms with E-state index in [-0.39, 0.29) is 12.5 Å². The Labute approximate surface area is 119 Å². The lowest BCUT2D eigenvalue weighted by Crippen LogP contribution is -2.14. The zero-order valence-electron chi connectivity index (χ0n) is 10.3. The van der Waals surface area contributed by atoms with Crippen molar-refractivity contribution in [2.75, 3.05) is 6.61 Å². The monoisotopic (exact) mass is 292 g/mol. The minimum absolute atomic E-state index is 0.116. The number of thiazole rings is 1. The third-order valence-corrected chi connectivity index (χ3v) is 4.36. The van der Waals surface area contributed by atoms with Crippen molar-refractivity contribution in [1.82, 2.24) is 4.98 Å². The summed E-state index contributed by atoms with van der Waals surface area (Å²) >= 11 is 2.86. The van der Waals surface area contributed by atoms with Crippen LogP contribution >= 0.6 is 22.7 Å². The van der Waals surface area contributed by atoms with Gasteiger partial charge >= 0.3 is 5.97 Å². The van der Waals surface area contributed by atoms with E-state index in [4.69, 9.17) is 10.00 Å². The number of hydrogen-bond acceptors (Lipinski definition) is 6. The fourth-order valence-electron chi connectivity index (χ4n) is 1.55. The second kappa shape index (κ2) is 6.45. The average molecular weight is 292 g/mol. The number of aromatic nitrogens is 1. The van der Waals surface area contributed by atoms with Gasteiger partial charge in [-0.25, -0.2) is 9.78 Å². The van der Waals surface area contributed by atoms with E-state index in [9.17, 15) is 4.79 Å². The lowest BCUT2D eigenvalue weighted by atomic mass is 10.1. The number of aryl methyl sites for hydroxylation is 1. The maximum absolute atomic E-state index is 11.8. The highest BCUT2D eigenvalue weighted by Crippen LogP contribution is 2.17. The van der Waals surface area contributed by atoms with E-state index < -0.39 is 5.97 Å². The van der Waals surface area contributed by atoms with Crippen molar-refractivity contribution >= 4 is 28.6 Å². The number of thiophene rings is 1. The van der Waals surface area contributed by atoms with Crippen LogP contribution in [-0.2, 0) is 11.2 Å². The Morgan fingerprint density at radius 1 is 1.58 bits per heavy atom. The van der Waals surface area contributed by atoms with E-state index in [1.54, 1.807) is 23.8 Å². The second-order valence-electron chi connectivity index (χ2n) is 3.97. The molecule has 0 aliphatic rings. The minimum Gasteiger partial charge on any atom is -0.460 e. The molecule has 0 N–H and O–H groups in total. The highest BCUT2D eigenvalue weighted by molar-refractivity contribution is 7.11. The normalized spacial score (nSPS) is 11.8. The van der Waals surface area contributed by atoms with Gasteiger partial charge in [0.1, 0.15) is 11.5 Å². The zero-order valence-corrected chi connectivity index (χ0v) is 12.0. The second-order valence-corrected chi connectivity index (χ2v) is 5.86. The van der Waals surface area contributed by atoms with Gasteiger partial charge in [-0.2, -0.15) is 5.26 Å². The first kappa shape index (κ1) is 13.7. The number of nitriles is 1. The summed E-state index contributed by atoms with van der Waals surface area (Å²) in [6.45, 7) is 1.88. The van der Waals surface area contributed by atoms with Crippen LogP contribution in [0, 0.1) is 24.2 Å². The molecule has 0 aliphatic carbocycles. The van der Waals surface area contributed by atoms with E-state index in [0.717, 1.165) is 4.88 Å². The molecular formula is C13H12N2O2S2. The van der Waals surface area contributed by atoms with Crippen molar-refractivity contribution in [2.24, 2.45) is 5.92 Å². The summed E-state index contributed by atoms with van der Waals surface area (Å²) in [6.07, 6.45) is 0.614. The standard InChI is InChI=1S/C13H12N2O2S2/c1-9-12(19-8-15-9)13(16)17-7-10(6-14)5-11-3-2-4-18-11/h2-4,8,10H,5,7H2,1H3/t10-/m1/s1. The first-order valence-electron chi connectivity index (χ1n) is 5.70. The van der Waals surface area contributed by atoms with Gasteiger partial charge in [0, 0.05) is 11.3 Å². The number of ether oxygens (including phenoxy) is 1. The molecular weight excluding hydrogens is 280 g/mol. The summed E-state index contributed by atoms with van der Waals surface area (Å²) in [4.78, 5) is 17.4. The van der Waals surface area contributed by atoms with Crippen molar-refractivity contribution < 1.29 is 9.53 Å². The smallest absolute Gasteiger partial charge is 0.350 e. The van der Waals surface area contributed by atoms with Crippen molar-refractivity contribution in [3.8, 4) is 6.07 Å². The summed E-state index contributed by atoms with van der Waals surface area (Å²) in [5.41, 5.74) is 2.28. The molecule has 0 radical (unpaired) electrons. The van der Waals surface area contributed by atoms with Gasteiger partial charge < -0.3 is 4.74 Å². The van der Waals surface area contributed by atoms with Gasteiger partial charge in [-0.15, -0.1) is 22.7 Å². The number of nitrogens with zero attached hydrogens (tertiary/aromatic N) is 2. The molecule has 6 heteroatoms. The van der Waals surface area contributed by atoms with Gasteiger partial charge in [0.2, 0.25) is 0 Å². The maximum Gasteiger partial charge on any atom is 0.350 e. The Morgan fingerprint density at radius 3 is 3.00 bits per heavy atom. The van der Waals surface area contributed by atoms with Crippen LogP contribution in [0.5, 0.6) is 0 Å². The molecule has 0 aliphatic heterocycles. The van der Waals surface area contributed by atoms with E-state index in [1.165, 1.54) is 11.3 Å². The summed E-state index contributed by atoms with van der Waals surface area (Å²) in [5.74, 6) is -0.706. The highest BCUT2D eigenvalue weighted by atomic mass is 32.1. The predicted molar refractivity (Wildman–Crippen MR) is 74.3 cm³/mol. The van der Waals surface area contributed by atoms with Gasteiger partial charge in [-0.3, -0.25) is 0 Å². The molecule has 0 bridgehead atoms. The van der Waals surface area contributed by atoms with Crippen molar-refractivity contribution in [3.05, 3.63) is 38.5 Å². The fourth-order valence-corrected chi connectivity index (χ4v) is 3.03. The molecule has 2 rings (SSSR count). The largest absolute Gasteiger partial charge is 0.460 e. The number of esters is 1. The summed E-state index contributed by atoms with van der Waals surface area (Å²) in [7, 11) is 0. The third-order valence-electron chi connectivity index (χ3n) is 2.56. The number of carbonyl (C=O) groups excluding carboxylic acids is 1. The SMILES string of the molecule is Cc1ncsc1C(=O)OC[C@@H](C#N)Cc1cccs1. The summed E-state index contributed by atoms with van der Waals surface area (Å²) in [5, 5.41) is 11.0. The van der Waals surface area contributed by atoms with E-state index in [2.05, 4.69) is 11.1 Å². The molecule has 2 heterocycles. The van der Waals surface area contributed by atoms with E-state index in [1.807, 2.05) is 17.5 Å². The predicted octanol–water partition coefficient (Wildman–Crippen LogP) is 3.05. The Kier molecular flexibility index (Phi) is 4.66. The first-order chi connectivity index (χ1) is 9.20. The molecule has 1 atom stereocenters. The molecule has 0 saturated carbocycles. The molecule has 0 amide bonds. The fraction of sp³-hybridized carbons (Fsp3) is 0.308. The Balaban J connectivity index is 1.88. The Morgan fingerprint density at radius 2 is 2.42 bits per heavy atom. The minimum atomic E-state index is -0.397. The lowest BCUT2D eigenvalue weighted by Gasteiger charge is -2.08. The first-order valence-corrected chi connectivity index (χ1v) is 7.46. The third kappa shape index (κ3) is 3.63. The molecule has 0 spiro atoms. The molecule has 4 nitrogen and oxygen atoms in total. The number of hydrogen-bond donors (Lipinski definition) is 0. The topological polar surface area (TPSA) is 63.0 Å². The van der Waals surface area contributed by atoms with Crippen LogP contribution < -0.4 is 0 Å². The van der Waals surface area contributed by atoms with Crippen LogP contribution in [0.3, 0.4) is 0 Å². The van der Waals surface area contributed by atoms with Crippen LogP contribution in [0.25, 0.3) is 0 Å². The summed E-state index contributed by atoms with van der Waals surface area (Å²) in [6, 6.07) is 6.09. The van der Waals surface area contributed by atoms with Gasteiger partial charge in [0.15, 0.2) is 0 Å². The van der Waals surface area contributed by atoms with E-state index >= 15 is 0 Å². The molecule has 0 saturated heterocycles. The van der Waals surface area contributed by atoms with Gasteiger partial charge in [0.05, 0.1) is 23.2 Å². The van der Waals surface area contributed by atoms with Crippen molar-refractivity contribution in [3.63, 3.8) is 0 Å². The molecule has 0 unspecified atom stereocenters. The van der Waals surface area contributed by atoms with Gasteiger partial charge in [0.25, 0.3) is 0 Å². The maximum atomic E-state index is 11.8. The quantitative estimate of drug-likeness (QED) is 0.795. The average Bonchev–Trinajstić information content (AvgIpc) is 3.05. The molecule has 98 valence electrons. The molecule has 2 aromatic heterocycles. The molecule has 2 aromatic rings. The summed E-state index contributed by atoms with van der Waals surface area (Å²) < 4.78 is 5.18. The molecule has 0 fully saturated rings. The van der Waals surface area contributed by atoms with Gasteiger partial charge in [-0.05, 0) is 18.4 Å². The Bertz CT molecular complexity index is 584. The van der Waals surface area contributed by atoms with Crippen LogP contribution in [0.1, 0.15) is 20.2 Å². The zero-order chi connectivity index (χ0) is 13.7. The van der Waals surface area contributed by atoms with Crippen molar-refractivity contribution in [1.29, 1.82) is 5.26 Å². The molecule has 19 heavy (non-hydrogen) atoms.